The van der Waals surface area contributed by atoms with Crippen molar-refractivity contribution >= 4 is 6.09 Å². The van der Waals surface area contributed by atoms with Crippen molar-refractivity contribution in [1.29, 1.82) is 0 Å². The summed E-state index contributed by atoms with van der Waals surface area (Å²) in [5.41, 5.74) is 9.51. The molecule has 0 aromatic carbocycles. The molecule has 0 aliphatic rings. The lowest BCUT2D eigenvalue weighted by Gasteiger charge is -2.29. The fraction of sp³-hybridized carbons (Fsp3) is 0.435. The Morgan fingerprint density at radius 3 is 2.73 bits per heavy atom. The largest absolute Gasteiger partial charge is 0.465 e. The number of carboxylic acid groups (broad SMARTS) is 1. The SMILES string of the molecule is C=CC[C@@H](CC(C)(C)NC(=O)O)c1ccnc(-c2c(C(N)[C@H](C)C=C)cnn2C)c1. The number of hydrogen-bond donors (Lipinski definition) is 3. The standard InChI is InChI=1S/C23H33N5O2/c1-7-9-17(13-23(4,5)27-22(29)30)16-10-11-25-19(12-16)21-18(14-26-28(21)6)20(24)15(3)8-2/h7-8,10-12,14-15,17,20,27H,1-2,9,13,24H2,3-6H3,(H,29,30)/t15-,17+,20?/m1/s1. The van der Waals surface area contributed by atoms with Crippen LogP contribution in [0.2, 0.25) is 0 Å². The lowest BCUT2D eigenvalue weighted by Crippen LogP contribution is -2.43. The quantitative estimate of drug-likeness (QED) is 0.503. The van der Waals surface area contributed by atoms with Crippen LogP contribution >= 0.6 is 0 Å². The number of aryl methyl sites for hydroxylation is 1. The fourth-order valence-electron chi connectivity index (χ4n) is 3.77. The van der Waals surface area contributed by atoms with Gasteiger partial charge in [0.1, 0.15) is 0 Å². The van der Waals surface area contributed by atoms with Gasteiger partial charge in [0.2, 0.25) is 0 Å². The number of amides is 1. The lowest BCUT2D eigenvalue weighted by atomic mass is 9.83. The van der Waals surface area contributed by atoms with E-state index in [1.54, 1.807) is 17.1 Å². The van der Waals surface area contributed by atoms with Crippen LogP contribution in [0.3, 0.4) is 0 Å². The summed E-state index contributed by atoms with van der Waals surface area (Å²) < 4.78 is 1.79. The molecule has 7 heteroatoms. The fourth-order valence-corrected chi connectivity index (χ4v) is 3.77. The van der Waals surface area contributed by atoms with Crippen molar-refractivity contribution in [2.75, 3.05) is 0 Å². The van der Waals surface area contributed by atoms with Crippen LogP contribution in [0.15, 0.2) is 49.8 Å². The van der Waals surface area contributed by atoms with E-state index in [1.165, 1.54) is 0 Å². The smallest absolute Gasteiger partial charge is 0.405 e. The zero-order valence-electron chi connectivity index (χ0n) is 18.3. The van der Waals surface area contributed by atoms with Crippen LogP contribution in [0.5, 0.6) is 0 Å². The first kappa shape index (κ1) is 23.3. The van der Waals surface area contributed by atoms with Crippen molar-refractivity contribution in [3.63, 3.8) is 0 Å². The number of nitrogens with zero attached hydrogens (tertiary/aromatic N) is 3. The topological polar surface area (TPSA) is 106 Å². The Morgan fingerprint density at radius 1 is 1.43 bits per heavy atom. The van der Waals surface area contributed by atoms with Crippen LogP contribution in [-0.2, 0) is 7.05 Å². The lowest BCUT2D eigenvalue weighted by molar-refractivity contribution is 0.179. The zero-order chi connectivity index (χ0) is 22.5. The molecule has 2 rings (SSSR count). The van der Waals surface area contributed by atoms with Crippen LogP contribution in [0.25, 0.3) is 11.4 Å². The third kappa shape index (κ3) is 5.57. The van der Waals surface area contributed by atoms with E-state index in [1.807, 2.05) is 52.1 Å². The molecule has 0 fully saturated rings. The monoisotopic (exact) mass is 411 g/mol. The average molecular weight is 412 g/mol. The molecule has 0 bridgehead atoms. The van der Waals surface area contributed by atoms with Crippen LogP contribution in [0.1, 0.15) is 56.7 Å². The maximum Gasteiger partial charge on any atom is 0.405 e. The molecule has 2 aromatic heterocycles. The summed E-state index contributed by atoms with van der Waals surface area (Å²) >= 11 is 0. The predicted octanol–water partition coefficient (Wildman–Crippen LogP) is 4.40. The van der Waals surface area contributed by atoms with Gasteiger partial charge in [-0.2, -0.15) is 5.10 Å². The summed E-state index contributed by atoms with van der Waals surface area (Å²) in [6.07, 6.45) is 7.58. The second-order valence-corrected chi connectivity index (χ2v) is 8.41. The van der Waals surface area contributed by atoms with Gasteiger partial charge in [-0.05, 0) is 56.2 Å². The molecule has 0 saturated heterocycles. The minimum atomic E-state index is -1.03. The Balaban J connectivity index is 2.44. The van der Waals surface area contributed by atoms with Gasteiger partial charge in [-0.3, -0.25) is 9.67 Å². The molecule has 2 aromatic rings. The van der Waals surface area contributed by atoms with E-state index in [9.17, 15) is 4.79 Å². The van der Waals surface area contributed by atoms with Crippen molar-refractivity contribution in [3.8, 4) is 11.4 Å². The number of nitrogens with one attached hydrogen (secondary N) is 1. The van der Waals surface area contributed by atoms with Crippen molar-refractivity contribution in [2.45, 2.75) is 51.1 Å². The zero-order valence-corrected chi connectivity index (χ0v) is 18.3. The molecule has 3 atom stereocenters. The first-order valence-corrected chi connectivity index (χ1v) is 10.1. The van der Waals surface area contributed by atoms with Gasteiger partial charge in [-0.1, -0.05) is 19.1 Å². The summed E-state index contributed by atoms with van der Waals surface area (Å²) in [4.78, 5) is 15.7. The number of hydrogen-bond acceptors (Lipinski definition) is 4. The average Bonchev–Trinajstić information content (AvgIpc) is 3.06. The van der Waals surface area contributed by atoms with Gasteiger partial charge in [0, 0.05) is 30.4 Å². The number of carbonyl (C=O) groups is 1. The minimum absolute atomic E-state index is 0.0866. The maximum absolute atomic E-state index is 11.1. The molecule has 0 radical (unpaired) electrons. The summed E-state index contributed by atoms with van der Waals surface area (Å²) in [6, 6.07) is 3.77. The molecule has 1 unspecified atom stereocenters. The highest BCUT2D eigenvalue weighted by molar-refractivity contribution is 5.65. The number of rotatable bonds is 10. The first-order chi connectivity index (χ1) is 14.1. The highest BCUT2D eigenvalue weighted by Crippen LogP contribution is 2.34. The molecular formula is C23H33N5O2. The van der Waals surface area contributed by atoms with Gasteiger partial charge in [-0.25, -0.2) is 4.79 Å². The third-order valence-electron chi connectivity index (χ3n) is 5.42. The van der Waals surface area contributed by atoms with Crippen molar-refractivity contribution in [3.05, 3.63) is 61.0 Å². The van der Waals surface area contributed by atoms with Crippen molar-refractivity contribution < 1.29 is 9.90 Å². The minimum Gasteiger partial charge on any atom is -0.465 e. The Hall–Kier alpha value is -2.93. The third-order valence-corrected chi connectivity index (χ3v) is 5.42. The van der Waals surface area contributed by atoms with E-state index >= 15 is 0 Å². The van der Waals surface area contributed by atoms with Gasteiger partial charge < -0.3 is 16.2 Å². The maximum atomic E-state index is 11.1. The predicted molar refractivity (Wildman–Crippen MR) is 120 cm³/mol. The molecule has 30 heavy (non-hydrogen) atoms. The van der Waals surface area contributed by atoms with Crippen molar-refractivity contribution in [2.24, 2.45) is 18.7 Å². The molecule has 1 amide bonds. The molecule has 162 valence electrons. The van der Waals surface area contributed by atoms with Crippen LogP contribution in [0, 0.1) is 5.92 Å². The van der Waals surface area contributed by atoms with E-state index < -0.39 is 11.6 Å². The highest BCUT2D eigenvalue weighted by atomic mass is 16.4. The van der Waals surface area contributed by atoms with Gasteiger partial charge in [0.05, 0.1) is 17.6 Å². The molecule has 2 heterocycles. The summed E-state index contributed by atoms with van der Waals surface area (Å²) in [5.74, 6) is 0.177. The molecule has 0 spiro atoms. The Morgan fingerprint density at radius 2 is 2.13 bits per heavy atom. The van der Waals surface area contributed by atoms with Gasteiger partial charge >= 0.3 is 6.09 Å². The van der Waals surface area contributed by atoms with Crippen molar-refractivity contribution in [1.82, 2.24) is 20.1 Å². The summed E-state index contributed by atoms with van der Waals surface area (Å²) in [7, 11) is 1.87. The number of pyridine rings is 1. The first-order valence-electron chi connectivity index (χ1n) is 10.1. The normalized spacial score (nSPS) is 14.6. The molecule has 0 aliphatic heterocycles. The van der Waals surface area contributed by atoms with E-state index in [-0.39, 0.29) is 17.9 Å². The Bertz CT molecular complexity index is 903. The Kier molecular flexibility index (Phi) is 7.56. The molecular weight excluding hydrogens is 378 g/mol. The van der Waals surface area contributed by atoms with E-state index in [0.29, 0.717) is 6.42 Å². The number of aromatic nitrogens is 3. The summed E-state index contributed by atoms with van der Waals surface area (Å²) in [6.45, 7) is 13.5. The van der Waals surface area contributed by atoms with Gasteiger partial charge in [0.15, 0.2) is 0 Å². The Labute approximate surface area is 178 Å². The molecule has 7 nitrogen and oxygen atoms in total. The van der Waals surface area contributed by atoms with Gasteiger partial charge in [-0.15, -0.1) is 13.2 Å². The molecule has 4 N–H and O–H groups in total. The number of nitrogens with two attached hydrogens (primary N) is 1. The number of allylic oxidation sites excluding steroid dienone is 1. The molecule has 0 aliphatic carbocycles. The van der Waals surface area contributed by atoms with E-state index in [0.717, 1.165) is 28.9 Å². The van der Waals surface area contributed by atoms with Crippen LogP contribution in [0.4, 0.5) is 4.79 Å². The van der Waals surface area contributed by atoms with Gasteiger partial charge in [0.25, 0.3) is 0 Å². The molecule has 0 saturated carbocycles. The van der Waals surface area contributed by atoms with Crippen LogP contribution < -0.4 is 11.1 Å². The van der Waals surface area contributed by atoms with E-state index in [4.69, 9.17) is 10.8 Å². The van der Waals surface area contributed by atoms with Crippen LogP contribution in [-0.4, -0.2) is 31.5 Å². The second kappa shape index (κ2) is 9.71. The van der Waals surface area contributed by atoms with E-state index in [2.05, 4.69) is 28.6 Å². The summed E-state index contributed by atoms with van der Waals surface area (Å²) in [5, 5.41) is 16.1. The second-order valence-electron chi connectivity index (χ2n) is 8.41. The highest BCUT2D eigenvalue weighted by Gasteiger charge is 2.27.